The molecule has 0 radical (unpaired) electrons. The van der Waals surface area contributed by atoms with Gasteiger partial charge in [0.05, 0.1) is 12.4 Å². The number of nitrogens with two attached hydrogens (primary N) is 1. The predicted octanol–water partition coefficient (Wildman–Crippen LogP) is 7.21. The zero-order chi connectivity index (χ0) is 28.0. The first-order valence-electron chi connectivity index (χ1n) is 13.8. The molecular weight excluding hydrogens is 506 g/mol. The van der Waals surface area contributed by atoms with E-state index in [2.05, 4.69) is 39.0 Å². The fourth-order valence-corrected chi connectivity index (χ4v) is 6.54. The predicted molar refractivity (Wildman–Crippen MR) is 159 cm³/mol. The summed E-state index contributed by atoms with van der Waals surface area (Å²) >= 11 is 1.39. The van der Waals surface area contributed by atoms with Gasteiger partial charge in [-0.15, -0.1) is 11.8 Å². The van der Waals surface area contributed by atoms with Gasteiger partial charge in [-0.3, -0.25) is 0 Å². The summed E-state index contributed by atoms with van der Waals surface area (Å²) in [5, 5.41) is 10.8. The van der Waals surface area contributed by atoms with Crippen molar-refractivity contribution in [3.05, 3.63) is 89.5 Å². The van der Waals surface area contributed by atoms with E-state index in [1.165, 1.54) is 17.3 Å². The topological polar surface area (TPSA) is 81.8 Å². The normalized spacial score (nSPS) is 20.8. The van der Waals surface area contributed by atoms with Crippen molar-refractivity contribution in [2.75, 3.05) is 12.8 Å². The largest absolute Gasteiger partial charge is 0.497 e. The molecule has 0 amide bonds. The Morgan fingerprint density at radius 2 is 1.79 bits per heavy atom. The fourth-order valence-electron chi connectivity index (χ4n) is 5.31. The van der Waals surface area contributed by atoms with Gasteiger partial charge >= 0.3 is 5.97 Å². The molecule has 0 spiro atoms. The molecule has 4 atom stereocenters. The van der Waals surface area contributed by atoms with Gasteiger partial charge in [0.15, 0.2) is 6.10 Å². The third-order valence-corrected chi connectivity index (χ3v) is 9.59. The molecule has 3 N–H and O–H groups in total. The third kappa shape index (κ3) is 7.37. The van der Waals surface area contributed by atoms with E-state index in [-0.39, 0.29) is 11.5 Å². The van der Waals surface area contributed by atoms with Gasteiger partial charge in [0.1, 0.15) is 11.9 Å². The van der Waals surface area contributed by atoms with Crippen molar-refractivity contribution in [3.8, 4) is 5.75 Å². The van der Waals surface area contributed by atoms with Crippen LogP contribution in [0.3, 0.4) is 0 Å². The Hall–Kier alpha value is -2.96. The second kappa shape index (κ2) is 12.9. The van der Waals surface area contributed by atoms with Crippen LogP contribution >= 0.6 is 11.8 Å². The van der Waals surface area contributed by atoms with Gasteiger partial charge in [0.2, 0.25) is 0 Å². The highest BCUT2D eigenvalue weighted by atomic mass is 32.2. The minimum atomic E-state index is -1.35. The van der Waals surface area contributed by atoms with Crippen LogP contribution in [0.25, 0.3) is 0 Å². The molecular formula is C33H41NO4S. The Morgan fingerprint density at radius 1 is 1.08 bits per heavy atom. The first kappa shape index (κ1) is 29.0. The van der Waals surface area contributed by atoms with E-state index >= 15 is 0 Å². The van der Waals surface area contributed by atoms with Crippen LogP contribution in [0.15, 0.2) is 77.7 Å². The maximum atomic E-state index is 13.4. The molecule has 0 bridgehead atoms. The molecule has 3 aromatic rings. The summed E-state index contributed by atoms with van der Waals surface area (Å²) in [5.74, 6) is 0.622. The van der Waals surface area contributed by atoms with Crippen LogP contribution in [-0.2, 0) is 16.0 Å². The number of hydrogen-bond donors (Lipinski definition) is 2. The maximum Gasteiger partial charge on any atom is 0.336 e. The number of anilines is 1. The molecule has 4 rings (SSSR count). The van der Waals surface area contributed by atoms with E-state index < -0.39 is 17.3 Å². The quantitative estimate of drug-likeness (QED) is 0.159. The summed E-state index contributed by atoms with van der Waals surface area (Å²) < 4.78 is 11.3. The molecule has 2 unspecified atom stereocenters. The number of hydrogen-bond acceptors (Lipinski definition) is 6. The SMILES string of the molecule is COc1ccc([C@H](Sc2cc(Cc3ccccc3)ccc2N)[C@@H](O)C(=O)OC2CCCC(C)(C(C)C)C2)cc1. The van der Waals surface area contributed by atoms with Crippen LogP contribution in [-0.4, -0.2) is 30.4 Å². The van der Waals surface area contributed by atoms with Crippen molar-refractivity contribution < 1.29 is 19.4 Å². The lowest BCUT2D eigenvalue weighted by Gasteiger charge is -2.41. The number of methoxy groups -OCH3 is 1. The van der Waals surface area contributed by atoms with Crippen molar-refractivity contribution in [3.63, 3.8) is 0 Å². The van der Waals surface area contributed by atoms with Gasteiger partial charge < -0.3 is 20.3 Å². The average Bonchev–Trinajstić information content (AvgIpc) is 2.93. The van der Waals surface area contributed by atoms with Crippen LogP contribution in [0.4, 0.5) is 5.69 Å². The molecule has 1 aliphatic rings. The van der Waals surface area contributed by atoms with Crippen molar-refractivity contribution in [2.45, 2.75) is 75.2 Å². The van der Waals surface area contributed by atoms with Gasteiger partial charge in [0.25, 0.3) is 0 Å². The molecule has 39 heavy (non-hydrogen) atoms. The highest BCUT2D eigenvalue weighted by molar-refractivity contribution is 7.99. The summed E-state index contributed by atoms with van der Waals surface area (Å²) in [4.78, 5) is 14.2. The lowest BCUT2D eigenvalue weighted by molar-refractivity contribution is -0.163. The number of nitrogen functional groups attached to an aromatic ring is 1. The Labute approximate surface area is 237 Å². The number of benzene rings is 3. The number of rotatable bonds is 10. The summed E-state index contributed by atoms with van der Waals surface area (Å²) in [6.07, 6.45) is 3.02. The monoisotopic (exact) mass is 547 g/mol. The number of ether oxygens (including phenoxy) is 2. The lowest BCUT2D eigenvalue weighted by atomic mass is 9.67. The van der Waals surface area contributed by atoms with E-state index in [4.69, 9.17) is 15.2 Å². The molecule has 0 aromatic heterocycles. The number of esters is 1. The second-order valence-electron chi connectivity index (χ2n) is 11.3. The van der Waals surface area contributed by atoms with E-state index in [9.17, 15) is 9.90 Å². The van der Waals surface area contributed by atoms with E-state index in [0.29, 0.717) is 17.4 Å². The third-order valence-electron chi connectivity index (χ3n) is 8.20. The minimum Gasteiger partial charge on any atom is -0.497 e. The molecule has 208 valence electrons. The Morgan fingerprint density at radius 3 is 2.46 bits per heavy atom. The Balaban J connectivity index is 1.57. The summed E-state index contributed by atoms with van der Waals surface area (Å²) in [6, 6.07) is 23.7. The van der Waals surface area contributed by atoms with Gasteiger partial charge in [-0.25, -0.2) is 4.79 Å². The molecule has 5 nitrogen and oxygen atoms in total. The zero-order valence-corrected chi connectivity index (χ0v) is 24.2. The molecule has 0 saturated heterocycles. The smallest absolute Gasteiger partial charge is 0.336 e. The number of thioether (sulfide) groups is 1. The van der Waals surface area contributed by atoms with Crippen molar-refractivity contribution in [1.29, 1.82) is 0 Å². The summed E-state index contributed by atoms with van der Waals surface area (Å²) in [5.41, 5.74) is 10.3. The second-order valence-corrected chi connectivity index (χ2v) is 12.4. The van der Waals surface area contributed by atoms with E-state index in [0.717, 1.165) is 48.1 Å². The van der Waals surface area contributed by atoms with E-state index in [1.807, 2.05) is 54.6 Å². The number of aliphatic hydroxyl groups is 1. The van der Waals surface area contributed by atoms with Crippen molar-refractivity contribution in [2.24, 2.45) is 11.3 Å². The van der Waals surface area contributed by atoms with Crippen molar-refractivity contribution in [1.82, 2.24) is 0 Å². The molecule has 3 aromatic carbocycles. The first-order valence-corrected chi connectivity index (χ1v) is 14.7. The Bertz CT molecular complexity index is 1230. The maximum absolute atomic E-state index is 13.4. The molecule has 1 fully saturated rings. The molecule has 1 aliphatic carbocycles. The lowest BCUT2D eigenvalue weighted by Crippen LogP contribution is -2.38. The molecule has 0 aliphatic heterocycles. The number of carbonyl (C=O) groups is 1. The van der Waals surface area contributed by atoms with Gasteiger partial charge in [0, 0.05) is 10.6 Å². The molecule has 1 saturated carbocycles. The van der Waals surface area contributed by atoms with Crippen LogP contribution < -0.4 is 10.5 Å². The van der Waals surface area contributed by atoms with Crippen LogP contribution in [0.2, 0.25) is 0 Å². The summed E-state index contributed by atoms with van der Waals surface area (Å²) in [7, 11) is 1.61. The average molecular weight is 548 g/mol. The van der Waals surface area contributed by atoms with Crippen LogP contribution in [0.5, 0.6) is 5.75 Å². The first-order chi connectivity index (χ1) is 18.7. The standard InChI is InChI=1S/C33H41NO4S/c1-22(2)33(3)18-8-11-27(21-33)38-32(36)30(35)31(25-13-15-26(37-4)16-14-25)39-29-20-24(12-17-28(29)34)19-23-9-6-5-7-10-23/h5-7,9-10,12-17,20,22,27,30-31,35H,8,11,18-19,21,34H2,1-4H3/t27?,30-,31+,33?/m1/s1. The van der Waals surface area contributed by atoms with Crippen molar-refractivity contribution >= 4 is 23.4 Å². The Kier molecular flexibility index (Phi) is 9.62. The van der Waals surface area contributed by atoms with Crippen LogP contribution in [0, 0.1) is 11.3 Å². The summed E-state index contributed by atoms with van der Waals surface area (Å²) in [6.45, 7) is 6.73. The minimum absolute atomic E-state index is 0.131. The molecule has 0 heterocycles. The number of aliphatic hydroxyl groups excluding tert-OH is 1. The highest BCUT2D eigenvalue weighted by Gasteiger charge is 2.38. The zero-order valence-electron chi connectivity index (χ0n) is 23.4. The fraction of sp³-hybridized carbons (Fsp3) is 0.424. The van der Waals surface area contributed by atoms with E-state index in [1.54, 1.807) is 7.11 Å². The van der Waals surface area contributed by atoms with Crippen LogP contribution in [0.1, 0.15) is 68.4 Å². The van der Waals surface area contributed by atoms with Gasteiger partial charge in [-0.1, -0.05) is 69.3 Å². The highest BCUT2D eigenvalue weighted by Crippen LogP contribution is 2.44. The number of carbonyl (C=O) groups excluding carboxylic acids is 1. The van der Waals surface area contributed by atoms with Gasteiger partial charge in [-0.05, 0) is 84.4 Å². The van der Waals surface area contributed by atoms with Gasteiger partial charge in [-0.2, -0.15) is 0 Å². The molecule has 6 heteroatoms.